The molecule has 0 spiro atoms. The lowest BCUT2D eigenvalue weighted by Crippen LogP contribution is -2.05. The summed E-state index contributed by atoms with van der Waals surface area (Å²) in [5, 5.41) is 8.79. The fourth-order valence-corrected chi connectivity index (χ4v) is 5.56. The van der Waals surface area contributed by atoms with Crippen LogP contribution >= 0.6 is 0 Å². The highest BCUT2D eigenvalue weighted by Gasteiger charge is 2.02. The van der Waals surface area contributed by atoms with Crippen molar-refractivity contribution in [2.45, 2.75) is 206 Å². The van der Waals surface area contributed by atoms with Crippen molar-refractivity contribution < 1.29 is 14.6 Å². The molecule has 0 radical (unpaired) electrons. The van der Waals surface area contributed by atoms with Gasteiger partial charge in [0.05, 0.1) is 6.61 Å². The summed E-state index contributed by atoms with van der Waals surface area (Å²) in [6.07, 6.45) is 48.3. The predicted molar refractivity (Wildman–Crippen MR) is 185 cm³/mol. The molecule has 0 saturated carbocycles. The summed E-state index contributed by atoms with van der Waals surface area (Å²) < 4.78 is 5.44. The first-order valence-electron chi connectivity index (χ1n) is 18.9. The van der Waals surface area contributed by atoms with E-state index in [-0.39, 0.29) is 5.97 Å². The van der Waals surface area contributed by atoms with Gasteiger partial charge in [-0.3, -0.25) is 4.79 Å². The van der Waals surface area contributed by atoms with Crippen LogP contribution in [0.25, 0.3) is 0 Å². The van der Waals surface area contributed by atoms with Gasteiger partial charge in [-0.25, -0.2) is 0 Å². The Bertz CT molecular complexity index is 568. The van der Waals surface area contributed by atoms with Crippen LogP contribution in [0.2, 0.25) is 0 Å². The van der Waals surface area contributed by atoms with Gasteiger partial charge in [-0.15, -0.1) is 0 Å². The lowest BCUT2D eigenvalue weighted by molar-refractivity contribution is -0.143. The Labute approximate surface area is 263 Å². The van der Waals surface area contributed by atoms with E-state index in [9.17, 15) is 4.79 Å². The fraction of sp³-hybridized carbons (Fsp3) is 0.872. The lowest BCUT2D eigenvalue weighted by atomic mass is 10.0. The molecule has 42 heavy (non-hydrogen) atoms. The number of ether oxygens (including phenoxy) is 1. The number of hydrogen-bond acceptors (Lipinski definition) is 3. The first-order chi connectivity index (χ1) is 20.8. The highest BCUT2D eigenvalue weighted by molar-refractivity contribution is 5.69. The molecule has 0 rings (SSSR count). The molecule has 0 unspecified atom stereocenters. The number of aliphatic hydroxyl groups excluding tert-OH is 1. The largest absolute Gasteiger partial charge is 0.466 e. The summed E-state index contributed by atoms with van der Waals surface area (Å²) >= 11 is 0. The van der Waals surface area contributed by atoms with E-state index in [1.54, 1.807) is 0 Å². The molecule has 0 aromatic carbocycles. The number of carbonyl (C=O) groups excluding carboxylic acids is 1. The van der Waals surface area contributed by atoms with Crippen molar-refractivity contribution in [2.24, 2.45) is 0 Å². The van der Waals surface area contributed by atoms with E-state index >= 15 is 0 Å². The van der Waals surface area contributed by atoms with Crippen LogP contribution in [0, 0.1) is 0 Å². The zero-order valence-electron chi connectivity index (χ0n) is 28.4. The monoisotopic (exact) mass is 591 g/mol. The molecule has 3 nitrogen and oxygen atoms in total. The van der Waals surface area contributed by atoms with Crippen molar-refractivity contribution in [3.05, 3.63) is 24.3 Å². The molecule has 0 bridgehead atoms. The van der Waals surface area contributed by atoms with E-state index in [4.69, 9.17) is 9.84 Å². The molecule has 0 fully saturated rings. The van der Waals surface area contributed by atoms with E-state index in [0.29, 0.717) is 19.6 Å². The van der Waals surface area contributed by atoms with Crippen molar-refractivity contribution in [3.63, 3.8) is 0 Å². The number of carbonyl (C=O) groups is 1. The summed E-state index contributed by atoms with van der Waals surface area (Å²) in [5.74, 6) is 0.00554. The first kappa shape index (κ1) is 40.9. The maximum Gasteiger partial charge on any atom is 0.305 e. The van der Waals surface area contributed by atoms with Crippen molar-refractivity contribution in [1.82, 2.24) is 0 Å². The third-order valence-electron chi connectivity index (χ3n) is 8.40. The standard InChI is InChI=1S/C39H74O3/c1-2-3-4-5-6-7-8-9-15-18-21-24-27-30-33-36-39(41)42-38-35-32-29-26-23-20-17-14-12-10-11-13-16-19-22-25-28-31-34-37-40/h6-7,9,15,40H,2-5,8,10-14,16-38H2,1H3/b7-6-,15-9-. The topological polar surface area (TPSA) is 46.5 Å². The fourth-order valence-electron chi connectivity index (χ4n) is 5.56. The van der Waals surface area contributed by atoms with Gasteiger partial charge in [0, 0.05) is 13.0 Å². The van der Waals surface area contributed by atoms with Crippen LogP contribution in [0.5, 0.6) is 0 Å². The highest BCUT2D eigenvalue weighted by Crippen LogP contribution is 2.15. The van der Waals surface area contributed by atoms with Gasteiger partial charge in [0.1, 0.15) is 0 Å². The van der Waals surface area contributed by atoms with Crippen LogP contribution < -0.4 is 0 Å². The van der Waals surface area contributed by atoms with Gasteiger partial charge in [-0.05, 0) is 51.4 Å². The van der Waals surface area contributed by atoms with Gasteiger partial charge >= 0.3 is 5.97 Å². The Hall–Kier alpha value is -1.09. The van der Waals surface area contributed by atoms with Crippen LogP contribution in [-0.4, -0.2) is 24.3 Å². The lowest BCUT2D eigenvalue weighted by Gasteiger charge is -2.06. The number of aliphatic hydroxyl groups is 1. The zero-order chi connectivity index (χ0) is 30.4. The number of unbranched alkanes of at least 4 members (excludes halogenated alkanes) is 26. The summed E-state index contributed by atoms with van der Waals surface area (Å²) in [7, 11) is 0. The summed E-state index contributed by atoms with van der Waals surface area (Å²) in [5.41, 5.74) is 0. The molecule has 0 amide bonds. The maximum atomic E-state index is 11.9. The summed E-state index contributed by atoms with van der Waals surface area (Å²) in [6.45, 7) is 3.23. The molecule has 0 aliphatic rings. The molecule has 248 valence electrons. The smallest absolute Gasteiger partial charge is 0.305 e. The second kappa shape index (κ2) is 37.9. The Kier molecular flexibility index (Phi) is 37.0. The first-order valence-corrected chi connectivity index (χ1v) is 18.9. The average Bonchev–Trinajstić information content (AvgIpc) is 3.00. The molecular weight excluding hydrogens is 516 g/mol. The van der Waals surface area contributed by atoms with E-state index in [0.717, 1.165) is 32.1 Å². The van der Waals surface area contributed by atoms with Crippen molar-refractivity contribution in [2.75, 3.05) is 13.2 Å². The predicted octanol–water partition coefficient (Wildman–Crippen LogP) is 12.7. The molecule has 3 heteroatoms. The molecule has 0 heterocycles. The third kappa shape index (κ3) is 36.9. The average molecular weight is 591 g/mol. The second-order valence-electron chi connectivity index (χ2n) is 12.6. The van der Waals surface area contributed by atoms with Crippen LogP contribution in [0.15, 0.2) is 24.3 Å². The van der Waals surface area contributed by atoms with E-state index in [1.165, 1.54) is 161 Å². The van der Waals surface area contributed by atoms with Crippen LogP contribution in [0.1, 0.15) is 206 Å². The number of allylic oxidation sites excluding steroid dienone is 4. The Morgan fingerprint density at radius 2 is 0.857 bits per heavy atom. The minimum Gasteiger partial charge on any atom is -0.466 e. The minimum absolute atomic E-state index is 0.00554. The zero-order valence-corrected chi connectivity index (χ0v) is 28.4. The Balaban J connectivity index is 3.20. The number of rotatable bonds is 35. The Morgan fingerprint density at radius 1 is 0.476 bits per heavy atom. The van der Waals surface area contributed by atoms with E-state index in [1.807, 2.05) is 0 Å². The normalized spacial score (nSPS) is 11.8. The van der Waals surface area contributed by atoms with Gasteiger partial charge < -0.3 is 9.84 Å². The highest BCUT2D eigenvalue weighted by atomic mass is 16.5. The second-order valence-corrected chi connectivity index (χ2v) is 12.6. The molecular formula is C39H74O3. The summed E-state index contributed by atoms with van der Waals surface area (Å²) in [4.78, 5) is 11.9. The number of hydrogen-bond donors (Lipinski definition) is 1. The molecule has 0 aromatic rings. The van der Waals surface area contributed by atoms with Crippen molar-refractivity contribution in [3.8, 4) is 0 Å². The third-order valence-corrected chi connectivity index (χ3v) is 8.40. The van der Waals surface area contributed by atoms with Gasteiger partial charge in [0.15, 0.2) is 0 Å². The van der Waals surface area contributed by atoms with Crippen molar-refractivity contribution in [1.29, 1.82) is 0 Å². The number of esters is 1. The minimum atomic E-state index is 0.00554. The van der Waals surface area contributed by atoms with E-state index < -0.39 is 0 Å². The van der Waals surface area contributed by atoms with Gasteiger partial charge in [-0.2, -0.15) is 0 Å². The van der Waals surface area contributed by atoms with Gasteiger partial charge in [0.2, 0.25) is 0 Å². The maximum absolute atomic E-state index is 11.9. The van der Waals surface area contributed by atoms with Crippen molar-refractivity contribution >= 4 is 5.97 Å². The van der Waals surface area contributed by atoms with Gasteiger partial charge in [0.25, 0.3) is 0 Å². The van der Waals surface area contributed by atoms with Crippen LogP contribution in [0.4, 0.5) is 0 Å². The SMILES string of the molecule is CCCCC/C=C\C/C=C\CCCCCCCC(=O)OCCCCCCCCCCCCCCCCCCCCCO. The quantitative estimate of drug-likeness (QED) is 0.0453. The summed E-state index contributed by atoms with van der Waals surface area (Å²) in [6, 6.07) is 0. The molecule has 0 atom stereocenters. The molecule has 1 N–H and O–H groups in total. The molecule has 0 aliphatic carbocycles. The molecule has 0 aliphatic heterocycles. The van der Waals surface area contributed by atoms with Crippen LogP contribution in [-0.2, 0) is 9.53 Å². The molecule has 0 aromatic heterocycles. The van der Waals surface area contributed by atoms with Crippen LogP contribution in [0.3, 0.4) is 0 Å². The van der Waals surface area contributed by atoms with E-state index in [2.05, 4.69) is 31.2 Å². The Morgan fingerprint density at radius 3 is 1.31 bits per heavy atom. The molecule has 0 saturated heterocycles. The van der Waals surface area contributed by atoms with Gasteiger partial charge in [-0.1, -0.05) is 172 Å².